The molecule has 1 aliphatic carbocycles. The van der Waals surface area contributed by atoms with Crippen LogP contribution in [0.1, 0.15) is 50.5 Å². The van der Waals surface area contributed by atoms with E-state index in [1.54, 1.807) is 12.3 Å². The summed E-state index contributed by atoms with van der Waals surface area (Å²) in [4.78, 5) is 14.5. The van der Waals surface area contributed by atoms with E-state index in [0.29, 0.717) is 22.1 Å². The molecule has 2 aromatic carbocycles. The Hall–Kier alpha value is -2.30. The molecule has 1 aromatic heterocycles. The van der Waals surface area contributed by atoms with E-state index in [1.165, 1.54) is 5.56 Å². The maximum atomic E-state index is 11.8. The molecule has 0 bridgehead atoms. The van der Waals surface area contributed by atoms with E-state index < -0.39 is 0 Å². The molecule has 0 unspecified atom stereocenters. The Morgan fingerprint density at radius 1 is 1.10 bits per heavy atom. The highest BCUT2D eigenvalue weighted by Gasteiger charge is 2.24. The molecule has 5 heteroatoms. The molecular formula is C24H29ClN2O2. The van der Waals surface area contributed by atoms with Crippen LogP contribution in [0.25, 0.3) is 10.8 Å². The average Bonchev–Trinajstić information content (AvgIpc) is 2.76. The van der Waals surface area contributed by atoms with Crippen molar-refractivity contribution < 1.29 is 4.74 Å². The fraction of sp³-hybridized carbons (Fsp3) is 0.375. The third-order valence-corrected chi connectivity index (χ3v) is 5.65. The summed E-state index contributed by atoms with van der Waals surface area (Å²) in [6, 6.07) is 16.1. The Morgan fingerprint density at radius 2 is 1.79 bits per heavy atom. The first-order chi connectivity index (χ1) is 14.1. The van der Waals surface area contributed by atoms with Crippen molar-refractivity contribution in [1.82, 2.24) is 4.98 Å². The quantitative estimate of drug-likeness (QED) is 0.582. The highest BCUT2D eigenvalue weighted by Crippen LogP contribution is 2.36. The zero-order chi connectivity index (χ0) is 20.6. The molecule has 4 nitrogen and oxygen atoms in total. The smallest absolute Gasteiger partial charge is 0.255 e. The van der Waals surface area contributed by atoms with E-state index in [-0.39, 0.29) is 11.7 Å². The van der Waals surface area contributed by atoms with E-state index in [9.17, 15) is 4.79 Å². The van der Waals surface area contributed by atoms with Gasteiger partial charge in [0.1, 0.15) is 5.75 Å². The van der Waals surface area contributed by atoms with Gasteiger partial charge in [-0.05, 0) is 73.7 Å². The second kappa shape index (κ2) is 10.5. The van der Waals surface area contributed by atoms with Crippen LogP contribution in [0.15, 0.2) is 59.5 Å². The number of ether oxygens (including phenoxy) is 1. The zero-order valence-corrected chi connectivity index (χ0v) is 17.6. The Balaban J connectivity index is 0.000000552. The lowest BCUT2D eigenvalue weighted by atomic mass is 9.83. The number of hydrogen-bond donors (Lipinski definition) is 2. The van der Waals surface area contributed by atoms with Gasteiger partial charge in [0.05, 0.1) is 11.1 Å². The molecule has 29 heavy (non-hydrogen) atoms. The van der Waals surface area contributed by atoms with Crippen LogP contribution in [0.3, 0.4) is 0 Å². The van der Waals surface area contributed by atoms with Gasteiger partial charge in [-0.25, -0.2) is 0 Å². The molecule has 0 spiro atoms. The van der Waals surface area contributed by atoms with Gasteiger partial charge in [-0.15, -0.1) is 0 Å². The number of aromatic nitrogens is 1. The number of hydrogen-bond acceptors (Lipinski definition) is 3. The summed E-state index contributed by atoms with van der Waals surface area (Å²) in [5.74, 6) is 1.29. The number of nitrogens with one attached hydrogen (secondary N) is 1. The summed E-state index contributed by atoms with van der Waals surface area (Å²) in [7, 11) is 0. The van der Waals surface area contributed by atoms with Crippen molar-refractivity contribution in [3.8, 4) is 5.75 Å². The second-order valence-electron chi connectivity index (χ2n) is 7.47. The number of benzene rings is 2. The minimum absolute atomic E-state index is 0.130. The highest BCUT2D eigenvalue weighted by atomic mass is 35.5. The van der Waals surface area contributed by atoms with Crippen LogP contribution in [0.4, 0.5) is 0 Å². The Kier molecular flexibility index (Phi) is 7.73. The van der Waals surface area contributed by atoms with E-state index in [4.69, 9.17) is 22.1 Å². The normalized spacial score (nSPS) is 18.7. The third kappa shape index (κ3) is 5.62. The van der Waals surface area contributed by atoms with Gasteiger partial charge in [0.2, 0.25) is 0 Å². The van der Waals surface area contributed by atoms with Gasteiger partial charge in [-0.2, -0.15) is 0 Å². The van der Waals surface area contributed by atoms with E-state index in [0.717, 1.165) is 44.0 Å². The number of aromatic amines is 1. The molecule has 1 heterocycles. The second-order valence-corrected chi connectivity index (χ2v) is 7.87. The van der Waals surface area contributed by atoms with Crippen LogP contribution in [0.2, 0.25) is 5.02 Å². The van der Waals surface area contributed by atoms with Gasteiger partial charge in [0, 0.05) is 11.6 Å². The Morgan fingerprint density at radius 3 is 2.45 bits per heavy atom. The van der Waals surface area contributed by atoms with Crippen molar-refractivity contribution in [2.24, 2.45) is 5.73 Å². The van der Waals surface area contributed by atoms with Crippen LogP contribution in [0.5, 0.6) is 5.75 Å². The van der Waals surface area contributed by atoms with Crippen LogP contribution in [-0.4, -0.2) is 17.6 Å². The van der Waals surface area contributed by atoms with Gasteiger partial charge in [0.25, 0.3) is 5.56 Å². The monoisotopic (exact) mass is 412 g/mol. The fourth-order valence-corrected chi connectivity index (χ4v) is 3.91. The third-order valence-electron chi connectivity index (χ3n) is 5.35. The van der Waals surface area contributed by atoms with Crippen molar-refractivity contribution in [2.45, 2.75) is 51.0 Å². The maximum absolute atomic E-state index is 11.8. The predicted octanol–water partition coefficient (Wildman–Crippen LogP) is 5.64. The lowest BCUT2D eigenvalue weighted by Gasteiger charge is -2.29. The molecule has 1 saturated carbocycles. The number of rotatable bonds is 4. The van der Waals surface area contributed by atoms with E-state index in [1.807, 2.05) is 12.1 Å². The molecule has 3 N–H and O–H groups in total. The first-order valence-electron chi connectivity index (χ1n) is 10.3. The van der Waals surface area contributed by atoms with Crippen LogP contribution >= 0.6 is 11.6 Å². The fourth-order valence-electron chi connectivity index (χ4n) is 3.70. The minimum atomic E-state index is -0.130. The number of pyridine rings is 1. The van der Waals surface area contributed by atoms with Crippen LogP contribution < -0.4 is 16.0 Å². The Bertz CT molecular complexity index is 962. The van der Waals surface area contributed by atoms with Crippen molar-refractivity contribution >= 4 is 22.4 Å². The summed E-state index contributed by atoms with van der Waals surface area (Å²) >= 11 is 6.34. The maximum Gasteiger partial charge on any atom is 0.255 e. The van der Waals surface area contributed by atoms with Crippen LogP contribution in [0, 0.1) is 0 Å². The van der Waals surface area contributed by atoms with Gasteiger partial charge in [-0.3, -0.25) is 4.79 Å². The molecular weight excluding hydrogens is 384 g/mol. The summed E-state index contributed by atoms with van der Waals surface area (Å²) in [5.41, 5.74) is 6.32. The van der Waals surface area contributed by atoms with Crippen molar-refractivity contribution in [3.05, 3.63) is 75.7 Å². The number of H-pyrrole nitrogens is 1. The first kappa shape index (κ1) is 21.4. The average molecular weight is 413 g/mol. The van der Waals surface area contributed by atoms with E-state index >= 15 is 0 Å². The number of nitrogens with two attached hydrogens (primary N) is 1. The molecule has 3 aromatic rings. The van der Waals surface area contributed by atoms with Crippen molar-refractivity contribution in [2.75, 3.05) is 6.54 Å². The van der Waals surface area contributed by atoms with Gasteiger partial charge in [0.15, 0.2) is 0 Å². The Labute approximate surface area is 177 Å². The molecule has 0 aliphatic heterocycles. The highest BCUT2D eigenvalue weighted by molar-refractivity contribution is 6.32. The minimum Gasteiger partial charge on any atom is -0.489 e. The standard InChI is InChI=1S/C21H20ClNO2.C3H9N/c22-19-13-18-16(10-11-23-21(18)24)12-20(19)25-17-8-6-15(7-9-17)14-4-2-1-3-5-14;1-2-3-4/h1-5,10-13,15,17H,6-9H2,(H,23,24);2-4H2,1H3. The molecule has 1 fully saturated rings. The molecule has 0 atom stereocenters. The van der Waals surface area contributed by atoms with Gasteiger partial charge < -0.3 is 15.5 Å². The molecule has 1 aliphatic rings. The lowest BCUT2D eigenvalue weighted by Crippen LogP contribution is -2.23. The van der Waals surface area contributed by atoms with Crippen molar-refractivity contribution in [1.29, 1.82) is 0 Å². The summed E-state index contributed by atoms with van der Waals surface area (Å²) < 4.78 is 6.17. The largest absolute Gasteiger partial charge is 0.489 e. The van der Waals surface area contributed by atoms with E-state index in [2.05, 4.69) is 42.2 Å². The SMILES string of the molecule is CCCN.O=c1[nH]ccc2cc(OC3CCC(c4ccccc4)CC3)c(Cl)cc12. The summed E-state index contributed by atoms with van der Waals surface area (Å²) in [6.45, 7) is 2.88. The summed E-state index contributed by atoms with van der Waals surface area (Å²) in [5, 5.41) is 1.93. The van der Waals surface area contributed by atoms with Gasteiger partial charge >= 0.3 is 0 Å². The van der Waals surface area contributed by atoms with Crippen LogP contribution in [-0.2, 0) is 0 Å². The van der Waals surface area contributed by atoms with Crippen molar-refractivity contribution in [3.63, 3.8) is 0 Å². The molecule has 4 rings (SSSR count). The van der Waals surface area contributed by atoms with Gasteiger partial charge in [-0.1, -0.05) is 48.9 Å². The first-order valence-corrected chi connectivity index (χ1v) is 10.7. The topological polar surface area (TPSA) is 68.1 Å². The molecule has 154 valence electrons. The zero-order valence-electron chi connectivity index (χ0n) is 16.9. The number of halogens is 1. The number of fused-ring (bicyclic) bond motifs is 1. The lowest BCUT2D eigenvalue weighted by molar-refractivity contribution is 0.147. The predicted molar refractivity (Wildman–Crippen MR) is 121 cm³/mol. The molecule has 0 saturated heterocycles. The molecule has 0 radical (unpaired) electrons. The molecule has 0 amide bonds. The summed E-state index contributed by atoms with van der Waals surface area (Å²) in [6.07, 6.45) is 7.20.